The first-order chi connectivity index (χ1) is 49.1. The third-order valence-electron chi connectivity index (χ3n) is 19.2. The Morgan fingerprint density at radius 3 is 1.09 bits per heavy atom. The van der Waals surface area contributed by atoms with E-state index in [1.54, 1.807) is 0 Å². The van der Waals surface area contributed by atoms with Gasteiger partial charge in [0.1, 0.15) is 25.6 Å². The fourth-order valence-electron chi connectivity index (χ4n) is 11.7. The molecule has 0 aliphatic carbocycles. The van der Waals surface area contributed by atoms with E-state index in [0.29, 0.717) is 63.3 Å². The van der Waals surface area contributed by atoms with Crippen LogP contribution in [-0.2, 0) is 39.4 Å². The van der Waals surface area contributed by atoms with Crippen molar-refractivity contribution < 1.29 is 33.3 Å². The number of esters is 3. The Morgan fingerprint density at radius 1 is 0.376 bits per heavy atom. The Morgan fingerprint density at radius 2 is 0.703 bits per heavy atom. The summed E-state index contributed by atoms with van der Waals surface area (Å²) in [6.07, 6.45) is 49.6. The Hall–Kier alpha value is -5.79. The number of ether oxygens (including phenoxy) is 4. The molecule has 6 N–H and O–H groups in total. The van der Waals surface area contributed by atoms with E-state index < -0.39 is 0 Å². The number of rotatable bonds is 66. The fourth-order valence-corrected chi connectivity index (χ4v) is 11.7. The van der Waals surface area contributed by atoms with E-state index in [2.05, 4.69) is 156 Å². The van der Waals surface area contributed by atoms with Gasteiger partial charge in [-0.15, -0.1) is 0 Å². The number of aromatic nitrogens is 6. The summed E-state index contributed by atoms with van der Waals surface area (Å²) < 4.78 is 22.6. The van der Waals surface area contributed by atoms with Crippen molar-refractivity contribution in [3.05, 3.63) is 29.3 Å². The van der Waals surface area contributed by atoms with Crippen molar-refractivity contribution in [1.29, 1.82) is 0 Å². The van der Waals surface area contributed by atoms with Gasteiger partial charge in [-0.1, -0.05) is 300 Å². The van der Waals surface area contributed by atoms with E-state index in [4.69, 9.17) is 23.9 Å². The van der Waals surface area contributed by atoms with Crippen LogP contribution in [0.4, 0.5) is 35.7 Å². The Kier molecular flexibility index (Phi) is 54.8. The standard InChI is InChI=1S/C47H88N6O6.C34H61N7O/c1-4-7-10-13-16-19-22-25-28-31-34-42(54)57-39-37-48-45-51-46(49-38-40-58-43(55)35-32-29-26-23-20-17-14-11-8-5-2)53-47(52-45)50-41-59-44(56)36-33-30-27-24-21-18-15-12-9-6-3;1-10-14-16-18-23-41(24-19-17-15-11-2)40-32-38-30(35-9)37-31(39-32)36-22-25-42-29-21-20-27(33(5,6)12-3)26-28(29)34(7,8)13-4/h4-41H2,1-3H3,(H3,48,49,50,51,52,53);20-21,26H,10-19,22-25H2,1-9H3,(H3,35,36,37,38,39,40). The van der Waals surface area contributed by atoms with E-state index in [1.807, 2.05) is 7.05 Å². The molecule has 101 heavy (non-hydrogen) atoms. The maximum atomic E-state index is 12.4. The molecular formula is C81H149N13O7. The van der Waals surface area contributed by atoms with Crippen molar-refractivity contribution in [2.75, 3.05) is 98.3 Å². The van der Waals surface area contributed by atoms with Gasteiger partial charge < -0.3 is 45.5 Å². The van der Waals surface area contributed by atoms with E-state index in [0.717, 1.165) is 102 Å². The van der Waals surface area contributed by atoms with Gasteiger partial charge in [0, 0.05) is 45.0 Å². The first-order valence-electron chi connectivity index (χ1n) is 41.0. The molecule has 0 spiro atoms. The van der Waals surface area contributed by atoms with Gasteiger partial charge in [0.2, 0.25) is 35.7 Å². The van der Waals surface area contributed by atoms with Crippen LogP contribution in [0.25, 0.3) is 0 Å². The van der Waals surface area contributed by atoms with Gasteiger partial charge in [0.25, 0.3) is 0 Å². The molecular weight excluding hydrogens is 1270 g/mol. The number of unbranched alkanes of at least 4 members (excludes halogenated alkanes) is 33. The lowest BCUT2D eigenvalue weighted by atomic mass is 9.76. The lowest BCUT2D eigenvalue weighted by Gasteiger charge is -2.30. The van der Waals surface area contributed by atoms with E-state index in [-0.39, 0.29) is 66.5 Å². The molecule has 0 unspecified atom stereocenters. The maximum absolute atomic E-state index is 12.4. The number of hydrogen-bond donors (Lipinski definition) is 6. The van der Waals surface area contributed by atoms with Crippen molar-refractivity contribution in [3.63, 3.8) is 0 Å². The van der Waals surface area contributed by atoms with Crippen LogP contribution in [0.1, 0.15) is 363 Å². The van der Waals surface area contributed by atoms with Crippen LogP contribution >= 0.6 is 0 Å². The van der Waals surface area contributed by atoms with Crippen LogP contribution in [0.3, 0.4) is 0 Å². The molecule has 0 fully saturated rings. The van der Waals surface area contributed by atoms with Crippen molar-refractivity contribution in [2.24, 2.45) is 0 Å². The lowest BCUT2D eigenvalue weighted by molar-refractivity contribution is -0.144. The molecule has 0 radical (unpaired) electrons. The van der Waals surface area contributed by atoms with Crippen LogP contribution < -0.4 is 36.7 Å². The molecule has 3 rings (SSSR count). The number of anilines is 6. The second-order valence-electron chi connectivity index (χ2n) is 29.0. The largest absolute Gasteiger partial charge is 0.491 e. The quantitative estimate of drug-likeness (QED) is 0.0101. The summed E-state index contributed by atoms with van der Waals surface area (Å²) in [5.74, 6) is 2.67. The Balaban J connectivity index is 0.000000725. The molecule has 0 saturated heterocycles. The molecule has 580 valence electrons. The van der Waals surface area contributed by atoms with Gasteiger partial charge in [0.15, 0.2) is 6.73 Å². The number of nitrogens with zero attached hydrogens (tertiary/aromatic N) is 7. The van der Waals surface area contributed by atoms with E-state index in [1.165, 1.54) is 184 Å². The average Bonchev–Trinajstić information content (AvgIpc) is 0.795. The maximum Gasteiger partial charge on any atom is 0.307 e. The minimum absolute atomic E-state index is 0.0258. The second kappa shape index (κ2) is 60.6. The Bertz CT molecular complexity index is 2450. The van der Waals surface area contributed by atoms with Crippen LogP contribution in [0.15, 0.2) is 18.2 Å². The zero-order chi connectivity index (χ0) is 73.7. The van der Waals surface area contributed by atoms with Crippen molar-refractivity contribution in [1.82, 2.24) is 34.9 Å². The van der Waals surface area contributed by atoms with E-state index >= 15 is 0 Å². The molecule has 0 atom stereocenters. The van der Waals surface area contributed by atoms with Gasteiger partial charge in [-0.3, -0.25) is 19.8 Å². The highest BCUT2D eigenvalue weighted by Gasteiger charge is 2.27. The van der Waals surface area contributed by atoms with Crippen molar-refractivity contribution >= 4 is 53.6 Å². The van der Waals surface area contributed by atoms with Gasteiger partial charge in [0.05, 0.1) is 19.6 Å². The summed E-state index contributed by atoms with van der Waals surface area (Å²) in [6.45, 7) is 28.9. The monoisotopic (exact) mass is 1420 g/mol. The second-order valence-corrected chi connectivity index (χ2v) is 29.0. The number of nitrogens with one attached hydrogen (secondary N) is 6. The summed E-state index contributed by atoms with van der Waals surface area (Å²) in [4.78, 5) is 64.0. The zero-order valence-electron chi connectivity index (χ0n) is 66.5. The number of carbonyl (C=O) groups excluding carboxylic acids is 3. The highest BCUT2D eigenvalue weighted by molar-refractivity contribution is 5.70. The van der Waals surface area contributed by atoms with Crippen LogP contribution in [-0.4, -0.2) is 119 Å². The van der Waals surface area contributed by atoms with Gasteiger partial charge in [-0.05, 0) is 67.4 Å². The van der Waals surface area contributed by atoms with Crippen molar-refractivity contribution in [3.8, 4) is 5.75 Å². The molecule has 2 heterocycles. The van der Waals surface area contributed by atoms with E-state index in [9.17, 15) is 14.4 Å². The zero-order valence-corrected chi connectivity index (χ0v) is 66.5. The topological polar surface area (TPSA) is 241 Å². The molecule has 2 aromatic heterocycles. The Labute approximate surface area is 615 Å². The van der Waals surface area contributed by atoms with Crippen molar-refractivity contribution in [2.45, 2.75) is 363 Å². The predicted octanol–water partition coefficient (Wildman–Crippen LogP) is 21.2. The number of benzene rings is 1. The molecule has 0 aliphatic rings. The van der Waals surface area contributed by atoms with Gasteiger partial charge in [-0.25, -0.2) is 5.01 Å². The normalized spacial score (nSPS) is 11.5. The molecule has 0 saturated carbocycles. The summed E-state index contributed by atoms with van der Waals surface area (Å²) in [7, 11) is 1.83. The van der Waals surface area contributed by atoms with Gasteiger partial charge in [-0.2, -0.15) is 29.9 Å². The molecule has 20 heteroatoms. The highest BCUT2D eigenvalue weighted by Crippen LogP contribution is 2.38. The molecule has 0 bridgehead atoms. The van der Waals surface area contributed by atoms with Crippen LogP contribution in [0.2, 0.25) is 0 Å². The molecule has 3 aromatic rings. The average molecular weight is 1420 g/mol. The first kappa shape index (κ1) is 91.3. The summed E-state index contributed by atoms with van der Waals surface area (Å²) >= 11 is 0. The predicted molar refractivity (Wildman–Crippen MR) is 423 cm³/mol. The molecule has 1 aromatic carbocycles. The smallest absolute Gasteiger partial charge is 0.307 e. The summed E-state index contributed by atoms with van der Waals surface area (Å²) in [6, 6.07) is 6.73. The minimum Gasteiger partial charge on any atom is -0.491 e. The number of hydrazine groups is 1. The SMILES string of the molecule is CCCCCCCCCCCCC(=O)OCCNc1nc(NCCOC(=O)CCCCCCCCCCCC)nc(NCOC(=O)CCCCCCCCCCCC)n1.CCCCCCN(CCCCCC)Nc1nc(NC)nc(NCCOc2ccc(C(C)(C)CC)cc2C(C)(C)CC)n1. The summed E-state index contributed by atoms with van der Waals surface area (Å²) in [5.41, 5.74) is 6.27. The van der Waals surface area contributed by atoms with Gasteiger partial charge >= 0.3 is 17.9 Å². The third kappa shape index (κ3) is 47.2. The highest BCUT2D eigenvalue weighted by atomic mass is 16.5. The first-order valence-corrected chi connectivity index (χ1v) is 41.0. The number of carbonyl (C=O) groups is 3. The number of hydrogen-bond acceptors (Lipinski definition) is 20. The lowest BCUT2D eigenvalue weighted by Crippen LogP contribution is -2.33. The fraction of sp³-hybridized carbons (Fsp3) is 0.815. The van der Waals surface area contributed by atoms with Crippen LogP contribution in [0.5, 0.6) is 5.75 Å². The molecule has 0 amide bonds. The third-order valence-corrected chi connectivity index (χ3v) is 19.2. The molecule has 20 nitrogen and oxygen atoms in total. The van der Waals surface area contributed by atoms with Crippen LogP contribution in [0, 0.1) is 0 Å². The minimum atomic E-state index is -0.262. The molecule has 0 aliphatic heterocycles. The summed E-state index contributed by atoms with van der Waals surface area (Å²) in [5, 5.41) is 17.9.